The fraction of sp³-hybridized carbons (Fsp3) is 1.00. The van der Waals surface area contributed by atoms with Crippen LogP contribution in [0.3, 0.4) is 0 Å². The van der Waals surface area contributed by atoms with Crippen LogP contribution in [0.2, 0.25) is 0 Å². The quantitative estimate of drug-likeness (QED) is 0.645. The van der Waals surface area contributed by atoms with E-state index in [9.17, 15) is 17.6 Å². The molecule has 1 aliphatic carbocycles. The predicted octanol–water partition coefficient (Wildman–Crippen LogP) is 2.40. The summed E-state index contributed by atoms with van der Waals surface area (Å²) in [6, 6.07) is -0.742. The van der Waals surface area contributed by atoms with Crippen LogP contribution in [-0.2, 0) is 0 Å². The Kier molecular flexibility index (Phi) is 2.58. The third-order valence-electron chi connectivity index (χ3n) is 2.75. The SMILES string of the molecule is CC(N)C1CCCC1(F)C(F)(F)F. The zero-order chi connectivity index (χ0) is 10.3. The van der Waals surface area contributed by atoms with Gasteiger partial charge in [-0.3, -0.25) is 0 Å². The van der Waals surface area contributed by atoms with Gasteiger partial charge < -0.3 is 5.73 Å². The lowest BCUT2D eigenvalue weighted by molar-refractivity contribution is -0.243. The van der Waals surface area contributed by atoms with Crippen molar-refractivity contribution in [3.05, 3.63) is 0 Å². The average Bonchev–Trinajstić information content (AvgIpc) is 2.30. The van der Waals surface area contributed by atoms with Gasteiger partial charge in [0, 0.05) is 12.0 Å². The second-order valence-corrected chi connectivity index (χ2v) is 3.72. The summed E-state index contributed by atoms with van der Waals surface area (Å²) in [6.07, 6.45) is -4.72. The monoisotopic (exact) mass is 199 g/mol. The molecule has 0 spiro atoms. The van der Waals surface area contributed by atoms with Gasteiger partial charge in [0.15, 0.2) is 0 Å². The van der Waals surface area contributed by atoms with E-state index in [0.29, 0.717) is 0 Å². The van der Waals surface area contributed by atoms with Gasteiger partial charge in [0.2, 0.25) is 5.67 Å². The molecule has 0 aromatic heterocycles. The average molecular weight is 199 g/mol. The van der Waals surface area contributed by atoms with E-state index in [0.717, 1.165) is 0 Å². The Balaban J connectivity index is 2.88. The molecule has 0 aliphatic heterocycles. The molecule has 0 radical (unpaired) electrons. The van der Waals surface area contributed by atoms with Crippen LogP contribution in [0.4, 0.5) is 17.6 Å². The van der Waals surface area contributed by atoms with Crippen molar-refractivity contribution < 1.29 is 17.6 Å². The maximum atomic E-state index is 13.5. The minimum atomic E-state index is -4.78. The van der Waals surface area contributed by atoms with E-state index >= 15 is 0 Å². The predicted molar refractivity (Wildman–Crippen MR) is 40.9 cm³/mol. The molecule has 0 heterocycles. The lowest BCUT2D eigenvalue weighted by Gasteiger charge is -2.31. The maximum absolute atomic E-state index is 13.5. The number of alkyl halides is 4. The molecule has 0 saturated heterocycles. The van der Waals surface area contributed by atoms with E-state index < -0.39 is 30.2 Å². The number of hydrogen-bond acceptors (Lipinski definition) is 1. The Hall–Kier alpha value is -0.320. The Morgan fingerprint density at radius 2 is 2.00 bits per heavy atom. The molecule has 78 valence electrons. The molecule has 0 aromatic rings. The van der Waals surface area contributed by atoms with E-state index in [2.05, 4.69) is 0 Å². The van der Waals surface area contributed by atoms with Crippen molar-refractivity contribution in [2.75, 3.05) is 0 Å². The maximum Gasteiger partial charge on any atom is 0.422 e. The Morgan fingerprint density at radius 3 is 2.31 bits per heavy atom. The lowest BCUT2D eigenvalue weighted by atomic mass is 9.87. The molecule has 1 rings (SSSR count). The fourth-order valence-corrected chi connectivity index (χ4v) is 2.02. The highest BCUT2D eigenvalue weighted by atomic mass is 19.4. The third kappa shape index (κ3) is 1.66. The molecular weight excluding hydrogens is 186 g/mol. The highest BCUT2D eigenvalue weighted by Gasteiger charge is 2.63. The van der Waals surface area contributed by atoms with Crippen molar-refractivity contribution in [1.82, 2.24) is 0 Å². The van der Waals surface area contributed by atoms with E-state index in [1.807, 2.05) is 0 Å². The van der Waals surface area contributed by atoms with Gasteiger partial charge in [-0.05, 0) is 26.2 Å². The largest absolute Gasteiger partial charge is 0.422 e. The summed E-state index contributed by atoms with van der Waals surface area (Å²) in [7, 11) is 0. The minimum Gasteiger partial charge on any atom is -0.328 e. The summed E-state index contributed by atoms with van der Waals surface area (Å²) >= 11 is 0. The molecule has 0 bridgehead atoms. The highest BCUT2D eigenvalue weighted by Crippen LogP contribution is 2.50. The zero-order valence-corrected chi connectivity index (χ0v) is 7.37. The van der Waals surface area contributed by atoms with Gasteiger partial charge in [0.1, 0.15) is 0 Å². The summed E-state index contributed by atoms with van der Waals surface area (Å²) in [4.78, 5) is 0. The Morgan fingerprint density at radius 1 is 1.46 bits per heavy atom. The molecule has 1 saturated carbocycles. The zero-order valence-electron chi connectivity index (χ0n) is 7.37. The standard InChI is InChI=1S/C8H13F4N/c1-5(13)6-3-2-4-7(6,9)8(10,11)12/h5-6H,2-4,13H2,1H3. The first kappa shape index (κ1) is 10.8. The number of rotatable bonds is 1. The second-order valence-electron chi connectivity index (χ2n) is 3.72. The molecule has 0 aromatic carbocycles. The van der Waals surface area contributed by atoms with Crippen molar-refractivity contribution in [1.29, 1.82) is 0 Å². The van der Waals surface area contributed by atoms with Gasteiger partial charge in [-0.25, -0.2) is 4.39 Å². The van der Waals surface area contributed by atoms with Crippen LogP contribution in [-0.4, -0.2) is 17.9 Å². The van der Waals surface area contributed by atoms with Crippen LogP contribution < -0.4 is 5.73 Å². The van der Waals surface area contributed by atoms with Crippen LogP contribution in [0.15, 0.2) is 0 Å². The van der Waals surface area contributed by atoms with Crippen LogP contribution in [0.5, 0.6) is 0 Å². The minimum absolute atomic E-state index is 0.230. The molecule has 3 unspecified atom stereocenters. The second kappa shape index (κ2) is 3.12. The molecule has 1 nitrogen and oxygen atoms in total. The summed E-state index contributed by atoms with van der Waals surface area (Å²) in [5.41, 5.74) is 2.28. The van der Waals surface area contributed by atoms with Gasteiger partial charge in [0.25, 0.3) is 0 Å². The van der Waals surface area contributed by atoms with E-state index in [4.69, 9.17) is 5.73 Å². The first-order valence-corrected chi connectivity index (χ1v) is 4.30. The lowest BCUT2D eigenvalue weighted by Crippen LogP contribution is -2.49. The smallest absolute Gasteiger partial charge is 0.328 e. The van der Waals surface area contributed by atoms with Crippen molar-refractivity contribution in [2.24, 2.45) is 11.7 Å². The van der Waals surface area contributed by atoms with Crippen molar-refractivity contribution in [2.45, 2.75) is 44.1 Å². The summed E-state index contributed by atoms with van der Waals surface area (Å²) in [5.74, 6) is -1.08. The van der Waals surface area contributed by atoms with Crippen molar-refractivity contribution in [3.63, 3.8) is 0 Å². The van der Waals surface area contributed by atoms with E-state index in [-0.39, 0.29) is 12.8 Å². The van der Waals surface area contributed by atoms with E-state index in [1.54, 1.807) is 0 Å². The first-order chi connectivity index (χ1) is 5.79. The number of halogens is 4. The third-order valence-corrected chi connectivity index (χ3v) is 2.75. The first-order valence-electron chi connectivity index (χ1n) is 4.30. The fourth-order valence-electron chi connectivity index (χ4n) is 2.02. The van der Waals surface area contributed by atoms with Gasteiger partial charge in [-0.2, -0.15) is 13.2 Å². The molecule has 13 heavy (non-hydrogen) atoms. The summed E-state index contributed by atoms with van der Waals surface area (Å²) < 4.78 is 50.5. The normalized spacial score (nSPS) is 37.8. The number of nitrogens with two attached hydrogens (primary N) is 1. The highest BCUT2D eigenvalue weighted by molar-refractivity contribution is 5.01. The molecule has 3 atom stereocenters. The molecular formula is C8H13F4N. The van der Waals surface area contributed by atoms with Crippen LogP contribution in [0.1, 0.15) is 26.2 Å². The van der Waals surface area contributed by atoms with E-state index in [1.165, 1.54) is 6.92 Å². The summed E-state index contributed by atoms with van der Waals surface area (Å²) in [5, 5.41) is 0. The van der Waals surface area contributed by atoms with Gasteiger partial charge in [-0.15, -0.1) is 0 Å². The van der Waals surface area contributed by atoms with Gasteiger partial charge in [0.05, 0.1) is 0 Å². The van der Waals surface area contributed by atoms with Crippen molar-refractivity contribution >= 4 is 0 Å². The van der Waals surface area contributed by atoms with Crippen LogP contribution in [0, 0.1) is 5.92 Å². The van der Waals surface area contributed by atoms with Gasteiger partial charge in [-0.1, -0.05) is 0 Å². The topological polar surface area (TPSA) is 26.0 Å². The Bertz CT molecular complexity index is 189. The number of hydrogen-bond donors (Lipinski definition) is 1. The molecule has 1 aliphatic rings. The molecule has 0 amide bonds. The van der Waals surface area contributed by atoms with Gasteiger partial charge >= 0.3 is 6.18 Å². The summed E-state index contributed by atoms with van der Waals surface area (Å²) in [6.45, 7) is 1.43. The van der Waals surface area contributed by atoms with Crippen molar-refractivity contribution in [3.8, 4) is 0 Å². The van der Waals surface area contributed by atoms with Crippen LogP contribution in [0.25, 0.3) is 0 Å². The van der Waals surface area contributed by atoms with Crippen LogP contribution >= 0.6 is 0 Å². The molecule has 2 N–H and O–H groups in total. The molecule has 5 heteroatoms. The molecule has 1 fully saturated rings. The Labute approximate surface area is 74.3 Å².